The lowest BCUT2D eigenvalue weighted by atomic mass is 9.80. The number of allylic oxidation sites excluding steroid dienone is 2. The molecule has 5 heterocycles. The molecule has 2 aliphatic rings. The Kier molecular flexibility index (Phi) is 6.20. The second kappa shape index (κ2) is 9.66. The van der Waals surface area contributed by atoms with E-state index in [1.165, 1.54) is 73.9 Å². The van der Waals surface area contributed by atoms with E-state index in [9.17, 15) is 0 Å². The molecule has 0 unspecified atom stereocenters. The molecule has 43 heavy (non-hydrogen) atoms. The second-order valence-corrected chi connectivity index (χ2v) is 16.3. The Morgan fingerprint density at radius 3 is 1.81 bits per heavy atom. The Balaban J connectivity index is 1.28. The van der Waals surface area contributed by atoms with Crippen molar-refractivity contribution in [3.63, 3.8) is 0 Å². The Morgan fingerprint density at radius 2 is 1.26 bits per heavy atom. The van der Waals surface area contributed by atoms with Gasteiger partial charge < -0.3 is 9.69 Å². The molecule has 0 saturated heterocycles. The van der Waals surface area contributed by atoms with E-state index in [0.717, 1.165) is 9.75 Å². The third kappa shape index (κ3) is 4.02. The largest absolute Gasteiger partial charge is 0.351 e. The van der Waals surface area contributed by atoms with E-state index in [1.807, 2.05) is 70.4 Å². The molecule has 0 spiro atoms. The molecule has 0 saturated carbocycles. The van der Waals surface area contributed by atoms with Gasteiger partial charge in [-0.25, -0.2) is 10.5 Å². The number of hydrogen-bond donors (Lipinski definition) is 0. The van der Waals surface area contributed by atoms with E-state index >= 15 is 0 Å². The zero-order valence-corrected chi connectivity index (χ0v) is 27.3. The Bertz CT molecular complexity index is 2260. The number of nitrogens with zero attached hydrogens (tertiary/aromatic N) is 6. The van der Waals surface area contributed by atoms with Gasteiger partial charge in [-0.2, -0.15) is 0 Å². The van der Waals surface area contributed by atoms with Gasteiger partial charge in [0.15, 0.2) is 0 Å². The quantitative estimate of drug-likeness (QED) is 0.111. The smallest absolute Gasteiger partial charge is 0.350 e. The summed E-state index contributed by atoms with van der Waals surface area (Å²) in [7, 11) is 0. The van der Waals surface area contributed by atoms with Crippen LogP contribution >= 0.6 is 56.7 Å². The van der Waals surface area contributed by atoms with Crippen LogP contribution in [0.5, 0.6) is 0 Å². The van der Waals surface area contributed by atoms with Gasteiger partial charge in [0, 0.05) is 44.8 Å². The van der Waals surface area contributed by atoms with Crippen molar-refractivity contribution in [2.75, 3.05) is 0 Å². The Labute approximate surface area is 268 Å². The van der Waals surface area contributed by atoms with Crippen molar-refractivity contribution in [2.24, 2.45) is 9.98 Å². The summed E-state index contributed by atoms with van der Waals surface area (Å²) in [5.41, 5.74) is 5.32. The molecule has 5 aromatic heterocycles. The third-order valence-electron chi connectivity index (χ3n) is 7.86. The molecular weight excluding hydrogens is 629 g/mol. The summed E-state index contributed by atoms with van der Waals surface area (Å²) in [5.74, 6) is -0.304. The lowest BCUT2D eigenvalue weighted by molar-refractivity contribution is 0.706. The minimum Gasteiger partial charge on any atom is -0.351 e. The first-order valence-corrected chi connectivity index (χ1v) is 17.1. The monoisotopic (exact) mass is 646 g/mol. The zero-order valence-electron chi connectivity index (χ0n) is 23.2. The topological polar surface area (TPSA) is 81.0 Å². The van der Waals surface area contributed by atoms with Crippen molar-refractivity contribution in [2.45, 2.75) is 38.5 Å². The van der Waals surface area contributed by atoms with E-state index in [0.29, 0.717) is 10.0 Å². The highest BCUT2D eigenvalue weighted by Crippen LogP contribution is 2.68. The van der Waals surface area contributed by atoms with Crippen LogP contribution in [0.2, 0.25) is 0 Å². The van der Waals surface area contributed by atoms with Gasteiger partial charge in [-0.3, -0.25) is 0 Å². The molecule has 0 aromatic carbocycles. The van der Waals surface area contributed by atoms with Gasteiger partial charge in [0.2, 0.25) is 10.0 Å². The number of aliphatic imine (C=N–C) groups is 2. The highest BCUT2D eigenvalue weighted by molar-refractivity contribution is 7.32. The third-order valence-corrected chi connectivity index (χ3v) is 13.8. The number of rotatable bonds is 4. The van der Waals surface area contributed by atoms with Crippen LogP contribution in [0, 0.1) is 35.8 Å². The number of thiophene rings is 5. The Morgan fingerprint density at radius 1 is 0.698 bits per heavy atom. The van der Waals surface area contributed by atoms with Crippen LogP contribution in [0.15, 0.2) is 46.4 Å². The van der Waals surface area contributed by atoms with Gasteiger partial charge in [-0.1, -0.05) is 73.5 Å². The second-order valence-electron chi connectivity index (χ2n) is 11.1. The van der Waals surface area contributed by atoms with Crippen molar-refractivity contribution >= 4 is 98.9 Å². The molecule has 0 N–H and O–H groups in total. The van der Waals surface area contributed by atoms with Crippen molar-refractivity contribution in [1.82, 2.24) is 0 Å². The maximum Gasteiger partial charge on any atom is 0.350 e. The first kappa shape index (κ1) is 27.6. The highest BCUT2D eigenvalue weighted by Gasteiger charge is 2.52. The summed E-state index contributed by atoms with van der Waals surface area (Å²) in [6.07, 6.45) is 0. The molecule has 0 radical (unpaired) electrons. The fourth-order valence-electron chi connectivity index (χ4n) is 5.99. The molecule has 0 aliphatic heterocycles. The van der Waals surface area contributed by atoms with E-state index in [-0.39, 0.29) is 22.5 Å². The summed E-state index contributed by atoms with van der Waals surface area (Å²) >= 11 is 8.52. The summed E-state index contributed by atoms with van der Waals surface area (Å²) in [6.45, 7) is 23.6. The number of fused-ring (bicyclic) bond motifs is 6. The fourth-order valence-corrected chi connectivity index (χ4v) is 12.6. The van der Waals surface area contributed by atoms with Gasteiger partial charge in [0.1, 0.15) is 12.1 Å². The van der Waals surface area contributed by atoms with Crippen molar-refractivity contribution in [1.29, 1.82) is 10.5 Å². The summed E-state index contributed by atoms with van der Waals surface area (Å²) < 4.78 is 2.62. The van der Waals surface area contributed by atoms with E-state index in [2.05, 4.69) is 59.5 Å². The first-order valence-electron chi connectivity index (χ1n) is 13.0. The minimum atomic E-state index is -0.167. The van der Waals surface area contributed by atoms with E-state index in [1.54, 1.807) is 0 Å². The molecule has 0 bridgehead atoms. The fraction of sp³-hybridized carbons (Fsp3) is 0.188. The molecule has 0 fully saturated rings. The average molecular weight is 647 g/mol. The van der Waals surface area contributed by atoms with Gasteiger partial charge >= 0.3 is 11.7 Å². The molecule has 0 atom stereocenters. The van der Waals surface area contributed by atoms with E-state index < -0.39 is 0 Å². The first-order chi connectivity index (χ1) is 20.6. The molecule has 7 rings (SSSR count). The zero-order chi connectivity index (χ0) is 30.3. The van der Waals surface area contributed by atoms with Crippen LogP contribution in [0.1, 0.15) is 48.6 Å². The normalized spacial score (nSPS) is 16.4. The standard InChI is InChI=1S/C32H18N6S5/c1-31(2)15-11-18(16-7-9-23(39-16)37-21(13-33)35-5)41-28(15)25-26(31)30-27(32(25,3)4)29-20(43-30)12-19(42-29)17-8-10-24(40-17)38-22(14-34)36-6/h7-12H,1-4H3. The van der Waals surface area contributed by atoms with Gasteiger partial charge in [-0.15, -0.1) is 34.0 Å². The minimum absolute atomic E-state index is 0.143. The number of hydrogen-bond acceptors (Lipinski definition) is 9. The average Bonchev–Trinajstić information content (AvgIpc) is 3.80. The molecular formula is C32H18N6S5. The van der Waals surface area contributed by atoms with E-state index in [4.69, 9.17) is 23.7 Å². The van der Waals surface area contributed by atoms with Crippen LogP contribution in [-0.4, -0.2) is 11.7 Å². The molecule has 11 heteroatoms. The van der Waals surface area contributed by atoms with Crippen LogP contribution in [0.4, 0.5) is 10.0 Å². The lowest BCUT2D eigenvalue weighted by Gasteiger charge is -2.24. The SMILES string of the molecule is [C-]#[N+]C(C#N)=Nc1ccc(-c2cc3c(s2)C2=C(c4sc5cc(-c6ccc(N=C(C#N)[N+]#[C-])s6)sc5c4C2(C)C)C3(C)C)s1. The van der Waals surface area contributed by atoms with Crippen LogP contribution in [-0.2, 0) is 10.8 Å². The summed E-state index contributed by atoms with van der Waals surface area (Å²) in [6, 6.07) is 16.1. The van der Waals surface area contributed by atoms with Crippen molar-refractivity contribution in [3.05, 3.63) is 80.1 Å². The lowest BCUT2D eigenvalue weighted by Crippen LogP contribution is -2.16. The number of nitriles is 2. The van der Waals surface area contributed by atoms with Crippen LogP contribution in [0.3, 0.4) is 0 Å². The van der Waals surface area contributed by atoms with Gasteiger partial charge in [0.05, 0.1) is 4.70 Å². The molecule has 6 nitrogen and oxygen atoms in total. The maximum absolute atomic E-state index is 9.10. The van der Waals surface area contributed by atoms with Gasteiger partial charge in [-0.05, 0) is 58.7 Å². The van der Waals surface area contributed by atoms with Crippen molar-refractivity contribution in [3.8, 4) is 31.6 Å². The van der Waals surface area contributed by atoms with Gasteiger partial charge in [0.25, 0.3) is 0 Å². The molecule has 5 aromatic rings. The Hall–Kier alpha value is -4.20. The molecule has 0 amide bonds. The molecule has 2 aliphatic carbocycles. The number of amidine groups is 2. The van der Waals surface area contributed by atoms with Crippen LogP contribution < -0.4 is 0 Å². The highest BCUT2D eigenvalue weighted by atomic mass is 32.1. The predicted octanol–water partition coefficient (Wildman–Crippen LogP) is 10.9. The maximum atomic E-state index is 9.10. The summed E-state index contributed by atoms with van der Waals surface area (Å²) in [5, 5.41) is 19.5. The summed E-state index contributed by atoms with van der Waals surface area (Å²) in [4.78, 5) is 22.0. The predicted molar refractivity (Wildman–Crippen MR) is 182 cm³/mol. The van der Waals surface area contributed by atoms with Crippen LogP contribution in [0.25, 0.3) is 49.7 Å². The molecule has 206 valence electrons. The van der Waals surface area contributed by atoms with Crippen molar-refractivity contribution < 1.29 is 0 Å².